The molecule has 0 radical (unpaired) electrons. The fourth-order valence-electron chi connectivity index (χ4n) is 2.97. The van der Waals surface area contributed by atoms with Gasteiger partial charge >= 0.3 is 5.97 Å². The average Bonchev–Trinajstić information content (AvgIpc) is 3.07. The first-order valence-corrected chi connectivity index (χ1v) is 8.58. The van der Waals surface area contributed by atoms with Gasteiger partial charge in [-0.2, -0.15) is 0 Å². The van der Waals surface area contributed by atoms with Crippen molar-refractivity contribution in [3.8, 4) is 0 Å². The third kappa shape index (κ3) is 2.71. The third-order valence-corrected chi connectivity index (χ3v) is 5.48. The molecule has 2 aromatic rings. The number of likely N-dealkylation sites (tertiary alicyclic amines) is 1. The normalized spacial score (nSPS) is 16.4. The second-order valence-corrected chi connectivity index (χ2v) is 7.23. The molecule has 8 heteroatoms. The molecule has 1 aliphatic heterocycles. The van der Waals surface area contributed by atoms with Crippen molar-refractivity contribution in [1.82, 2.24) is 19.5 Å². The Balaban J connectivity index is 1.85. The Kier molecular flexibility index (Phi) is 4.09. The molecule has 1 amide bonds. The lowest BCUT2D eigenvalue weighted by molar-refractivity contribution is -0.143. The van der Waals surface area contributed by atoms with Crippen LogP contribution in [0.15, 0.2) is 0 Å². The Bertz CT molecular complexity index is 756. The minimum atomic E-state index is -0.768. The van der Waals surface area contributed by atoms with Crippen molar-refractivity contribution in [2.75, 3.05) is 13.1 Å². The number of carboxylic acid groups (broad SMARTS) is 1. The zero-order chi connectivity index (χ0) is 16.7. The summed E-state index contributed by atoms with van der Waals surface area (Å²) in [6.45, 7) is 6.99. The predicted molar refractivity (Wildman–Crippen MR) is 86.0 cm³/mol. The topological polar surface area (TPSA) is 87.8 Å². The van der Waals surface area contributed by atoms with Gasteiger partial charge in [0.2, 0.25) is 4.96 Å². The number of carboxylic acids is 1. The van der Waals surface area contributed by atoms with E-state index < -0.39 is 5.97 Å². The fraction of sp³-hybridized carbons (Fsp3) is 0.600. The van der Waals surface area contributed by atoms with Gasteiger partial charge in [-0.05, 0) is 19.8 Å². The number of aromatic nitrogens is 3. The molecule has 3 rings (SSSR count). The average molecular weight is 336 g/mol. The number of aliphatic carboxylic acids is 1. The molecule has 1 saturated heterocycles. The number of piperidine rings is 1. The summed E-state index contributed by atoms with van der Waals surface area (Å²) in [5, 5.41) is 17.4. The molecular weight excluding hydrogens is 316 g/mol. The molecule has 1 aliphatic rings. The molecule has 0 spiro atoms. The van der Waals surface area contributed by atoms with Gasteiger partial charge in [0.25, 0.3) is 5.91 Å². The SMILES string of the molecule is Cc1c(C(=O)N2CCC(C(=O)O)CC2)sc2nnc(C(C)C)n12. The van der Waals surface area contributed by atoms with Crippen LogP contribution in [0.3, 0.4) is 0 Å². The Morgan fingerprint density at radius 2 is 1.91 bits per heavy atom. The van der Waals surface area contributed by atoms with Crippen LogP contribution in [0.4, 0.5) is 0 Å². The first-order valence-electron chi connectivity index (χ1n) is 7.76. The van der Waals surface area contributed by atoms with E-state index in [2.05, 4.69) is 10.2 Å². The number of carbonyl (C=O) groups is 2. The molecule has 0 aliphatic carbocycles. The Morgan fingerprint density at radius 1 is 1.26 bits per heavy atom. The zero-order valence-corrected chi connectivity index (χ0v) is 14.3. The number of thiazole rings is 1. The van der Waals surface area contributed by atoms with E-state index in [9.17, 15) is 9.59 Å². The zero-order valence-electron chi connectivity index (χ0n) is 13.4. The highest BCUT2D eigenvalue weighted by Crippen LogP contribution is 2.28. The smallest absolute Gasteiger partial charge is 0.306 e. The van der Waals surface area contributed by atoms with E-state index in [0.717, 1.165) is 16.5 Å². The van der Waals surface area contributed by atoms with Crippen LogP contribution >= 0.6 is 11.3 Å². The largest absolute Gasteiger partial charge is 0.481 e. The highest BCUT2D eigenvalue weighted by Gasteiger charge is 2.30. The molecule has 3 heterocycles. The molecular formula is C15H20N4O3S. The second kappa shape index (κ2) is 5.92. The van der Waals surface area contributed by atoms with Crippen molar-refractivity contribution < 1.29 is 14.7 Å². The van der Waals surface area contributed by atoms with Gasteiger partial charge in [0, 0.05) is 24.7 Å². The van der Waals surface area contributed by atoms with Gasteiger partial charge in [-0.25, -0.2) is 0 Å². The van der Waals surface area contributed by atoms with Crippen LogP contribution in [0.25, 0.3) is 4.96 Å². The number of amides is 1. The molecule has 0 bridgehead atoms. The minimum Gasteiger partial charge on any atom is -0.481 e. The first kappa shape index (κ1) is 15.9. The lowest BCUT2D eigenvalue weighted by atomic mass is 9.97. The number of fused-ring (bicyclic) bond motifs is 1. The molecule has 0 atom stereocenters. The summed E-state index contributed by atoms with van der Waals surface area (Å²) in [5.74, 6) is -0.0467. The Morgan fingerprint density at radius 3 is 2.48 bits per heavy atom. The summed E-state index contributed by atoms with van der Waals surface area (Å²) < 4.78 is 1.95. The van der Waals surface area contributed by atoms with Gasteiger partial charge in [-0.15, -0.1) is 10.2 Å². The summed E-state index contributed by atoms with van der Waals surface area (Å²) in [6, 6.07) is 0. The van der Waals surface area contributed by atoms with Crippen LogP contribution in [-0.2, 0) is 4.79 Å². The molecule has 124 valence electrons. The van der Waals surface area contributed by atoms with Crippen molar-refractivity contribution in [2.24, 2.45) is 5.92 Å². The van der Waals surface area contributed by atoms with Gasteiger partial charge in [-0.3, -0.25) is 14.0 Å². The lowest BCUT2D eigenvalue weighted by Crippen LogP contribution is -2.40. The highest BCUT2D eigenvalue weighted by molar-refractivity contribution is 7.19. The maximum absolute atomic E-state index is 12.8. The van der Waals surface area contributed by atoms with Crippen molar-refractivity contribution >= 4 is 28.2 Å². The summed E-state index contributed by atoms with van der Waals surface area (Å²) in [7, 11) is 0. The fourth-order valence-corrected chi connectivity index (χ4v) is 4.02. The van der Waals surface area contributed by atoms with Crippen LogP contribution < -0.4 is 0 Å². The van der Waals surface area contributed by atoms with E-state index in [1.165, 1.54) is 11.3 Å². The van der Waals surface area contributed by atoms with Gasteiger partial charge in [0.05, 0.1) is 5.92 Å². The number of aryl methyl sites for hydroxylation is 1. The van der Waals surface area contributed by atoms with Gasteiger partial charge in [0.15, 0.2) is 0 Å². The molecule has 2 aromatic heterocycles. The van der Waals surface area contributed by atoms with E-state index in [-0.39, 0.29) is 17.7 Å². The monoisotopic (exact) mass is 336 g/mol. The molecule has 0 unspecified atom stereocenters. The Hall–Kier alpha value is -1.96. The molecule has 1 N–H and O–H groups in total. The highest BCUT2D eigenvalue weighted by atomic mass is 32.1. The van der Waals surface area contributed by atoms with Crippen LogP contribution in [0.2, 0.25) is 0 Å². The molecule has 0 saturated carbocycles. The number of hydrogen-bond donors (Lipinski definition) is 1. The first-order chi connectivity index (χ1) is 10.9. The van der Waals surface area contributed by atoms with Crippen molar-refractivity contribution in [3.05, 3.63) is 16.4 Å². The summed E-state index contributed by atoms with van der Waals surface area (Å²) in [4.78, 5) is 26.9. The predicted octanol–water partition coefficient (Wildman–Crippen LogP) is 2.16. The molecule has 0 aromatic carbocycles. The number of carbonyl (C=O) groups excluding carboxylic acids is 1. The molecule has 23 heavy (non-hydrogen) atoms. The van der Waals surface area contributed by atoms with E-state index >= 15 is 0 Å². The number of rotatable bonds is 3. The number of hydrogen-bond acceptors (Lipinski definition) is 5. The third-order valence-electron chi connectivity index (χ3n) is 4.36. The number of nitrogens with zero attached hydrogens (tertiary/aromatic N) is 4. The van der Waals surface area contributed by atoms with Gasteiger partial charge < -0.3 is 10.0 Å². The Labute approximate surface area is 137 Å². The summed E-state index contributed by atoms with van der Waals surface area (Å²) in [5.41, 5.74) is 0.865. The van der Waals surface area contributed by atoms with E-state index in [4.69, 9.17) is 5.11 Å². The van der Waals surface area contributed by atoms with E-state index in [0.29, 0.717) is 30.8 Å². The van der Waals surface area contributed by atoms with Crippen LogP contribution in [-0.4, -0.2) is 49.6 Å². The van der Waals surface area contributed by atoms with Crippen LogP contribution in [0.1, 0.15) is 53.8 Å². The quantitative estimate of drug-likeness (QED) is 0.928. The van der Waals surface area contributed by atoms with Crippen LogP contribution in [0.5, 0.6) is 0 Å². The second-order valence-electron chi connectivity index (χ2n) is 6.25. The maximum atomic E-state index is 12.8. The van der Waals surface area contributed by atoms with E-state index in [1.54, 1.807) is 4.90 Å². The minimum absolute atomic E-state index is 0.0310. The van der Waals surface area contributed by atoms with Crippen LogP contribution in [0, 0.1) is 12.8 Å². The van der Waals surface area contributed by atoms with Crippen molar-refractivity contribution in [3.63, 3.8) is 0 Å². The lowest BCUT2D eigenvalue weighted by Gasteiger charge is -2.29. The molecule has 7 nitrogen and oxygen atoms in total. The van der Waals surface area contributed by atoms with Gasteiger partial charge in [0.1, 0.15) is 10.7 Å². The standard InChI is InChI=1S/C15H20N4O3S/c1-8(2)12-16-17-15-19(12)9(3)11(23-15)13(20)18-6-4-10(5-7-18)14(21)22/h8,10H,4-7H2,1-3H3,(H,21,22). The van der Waals surface area contributed by atoms with Crippen molar-refractivity contribution in [2.45, 2.75) is 39.5 Å². The van der Waals surface area contributed by atoms with E-state index in [1.807, 2.05) is 25.2 Å². The summed E-state index contributed by atoms with van der Waals surface area (Å²) >= 11 is 1.35. The maximum Gasteiger partial charge on any atom is 0.306 e. The summed E-state index contributed by atoms with van der Waals surface area (Å²) in [6.07, 6.45) is 1.03. The molecule has 1 fully saturated rings. The van der Waals surface area contributed by atoms with Crippen molar-refractivity contribution in [1.29, 1.82) is 0 Å². The van der Waals surface area contributed by atoms with Gasteiger partial charge in [-0.1, -0.05) is 25.2 Å².